The van der Waals surface area contributed by atoms with E-state index in [-0.39, 0.29) is 34.6 Å². The average Bonchev–Trinajstić information content (AvgIpc) is 3.05. The number of carbonyl (C=O) groups is 2. The molecular formula is C25H33F2N5O2. The molecule has 1 aromatic heterocycles. The van der Waals surface area contributed by atoms with Crippen molar-refractivity contribution in [3.63, 3.8) is 0 Å². The van der Waals surface area contributed by atoms with Crippen LogP contribution >= 0.6 is 0 Å². The predicted molar refractivity (Wildman–Crippen MR) is 128 cm³/mol. The summed E-state index contributed by atoms with van der Waals surface area (Å²) in [5.74, 6) is -1.96. The van der Waals surface area contributed by atoms with Crippen molar-refractivity contribution >= 4 is 17.9 Å². The third-order valence-electron chi connectivity index (χ3n) is 6.41. The highest BCUT2D eigenvalue weighted by molar-refractivity contribution is 5.98. The molecule has 2 N–H and O–H groups in total. The summed E-state index contributed by atoms with van der Waals surface area (Å²) >= 11 is 0. The first-order valence-electron chi connectivity index (χ1n) is 11.3. The average molecular weight is 474 g/mol. The lowest BCUT2D eigenvalue weighted by Gasteiger charge is -2.29. The minimum atomic E-state index is -0.811. The van der Waals surface area contributed by atoms with Gasteiger partial charge in [-0.05, 0) is 37.9 Å². The van der Waals surface area contributed by atoms with Crippen LogP contribution in [-0.4, -0.2) is 52.4 Å². The van der Waals surface area contributed by atoms with Crippen molar-refractivity contribution in [2.45, 2.75) is 59.3 Å². The Kier molecular flexibility index (Phi) is 7.26. The monoisotopic (exact) mass is 473 g/mol. The molecule has 0 saturated carbocycles. The van der Waals surface area contributed by atoms with Crippen molar-refractivity contribution in [3.05, 3.63) is 47.3 Å². The van der Waals surface area contributed by atoms with Crippen LogP contribution in [0.15, 0.2) is 18.7 Å². The molecule has 1 aliphatic rings. The van der Waals surface area contributed by atoms with E-state index in [1.165, 1.54) is 13.1 Å². The summed E-state index contributed by atoms with van der Waals surface area (Å²) in [5.41, 5.74) is 0.155. The molecule has 0 saturated heterocycles. The third kappa shape index (κ3) is 4.89. The van der Waals surface area contributed by atoms with Gasteiger partial charge >= 0.3 is 0 Å². The maximum absolute atomic E-state index is 15.0. The number of nitrogens with one attached hydrogen (secondary N) is 2. The molecule has 2 heterocycles. The lowest BCUT2D eigenvalue weighted by molar-refractivity contribution is -0.124. The van der Waals surface area contributed by atoms with Crippen LogP contribution in [0.5, 0.6) is 0 Å². The molecule has 0 spiro atoms. The van der Waals surface area contributed by atoms with Crippen LogP contribution in [0.2, 0.25) is 0 Å². The fraction of sp³-hybridized carbons (Fsp3) is 0.480. The molecule has 2 atom stereocenters. The standard InChI is InChI=1S/C25H33F2N5O2/c1-8-15-11-18(27)16(12-17(15)26)22-29-20(19-13-31(7)14(2)9-10-32(19)22)23(33)30-21(24(34)28-6)25(3,4)5/h8,11-12,14,21H,1,9-10,13H2,2-7H3,(H,28,34)(H,30,33). The van der Waals surface area contributed by atoms with Gasteiger partial charge in [-0.3, -0.25) is 14.5 Å². The van der Waals surface area contributed by atoms with Gasteiger partial charge in [-0.2, -0.15) is 0 Å². The summed E-state index contributed by atoms with van der Waals surface area (Å²) in [6.07, 6.45) is 1.99. The highest BCUT2D eigenvalue weighted by Gasteiger charge is 2.35. The molecule has 34 heavy (non-hydrogen) atoms. The summed E-state index contributed by atoms with van der Waals surface area (Å²) in [6.45, 7) is 12.0. The van der Waals surface area contributed by atoms with E-state index in [9.17, 15) is 14.0 Å². The van der Waals surface area contributed by atoms with Crippen molar-refractivity contribution in [2.24, 2.45) is 5.41 Å². The van der Waals surface area contributed by atoms with Gasteiger partial charge in [-0.15, -0.1) is 0 Å². The molecule has 184 valence electrons. The van der Waals surface area contributed by atoms with Crippen LogP contribution in [0.25, 0.3) is 17.5 Å². The van der Waals surface area contributed by atoms with Crippen molar-refractivity contribution in [2.75, 3.05) is 14.1 Å². The van der Waals surface area contributed by atoms with Gasteiger partial charge < -0.3 is 15.2 Å². The van der Waals surface area contributed by atoms with Crippen LogP contribution in [0.1, 0.15) is 55.9 Å². The zero-order valence-electron chi connectivity index (χ0n) is 20.6. The van der Waals surface area contributed by atoms with E-state index in [4.69, 9.17) is 0 Å². The third-order valence-corrected chi connectivity index (χ3v) is 6.41. The Morgan fingerprint density at radius 3 is 2.53 bits per heavy atom. The van der Waals surface area contributed by atoms with E-state index in [0.717, 1.165) is 18.6 Å². The summed E-state index contributed by atoms with van der Waals surface area (Å²) < 4.78 is 31.4. The second kappa shape index (κ2) is 9.66. The van der Waals surface area contributed by atoms with Gasteiger partial charge in [0.15, 0.2) is 5.69 Å². The van der Waals surface area contributed by atoms with Crippen LogP contribution in [-0.2, 0) is 17.9 Å². The minimum Gasteiger partial charge on any atom is -0.357 e. The molecule has 3 rings (SSSR count). The fourth-order valence-electron chi connectivity index (χ4n) is 4.11. The quantitative estimate of drug-likeness (QED) is 0.696. The largest absolute Gasteiger partial charge is 0.357 e. The Morgan fingerprint density at radius 2 is 1.94 bits per heavy atom. The number of rotatable bonds is 5. The number of benzene rings is 1. The van der Waals surface area contributed by atoms with Crippen molar-refractivity contribution in [1.29, 1.82) is 0 Å². The zero-order valence-corrected chi connectivity index (χ0v) is 20.6. The number of nitrogens with zero attached hydrogens (tertiary/aromatic N) is 3. The first-order valence-corrected chi connectivity index (χ1v) is 11.3. The second-order valence-electron chi connectivity index (χ2n) is 9.88. The summed E-state index contributed by atoms with van der Waals surface area (Å²) in [7, 11) is 3.45. The minimum absolute atomic E-state index is 0.0284. The number of hydrogen-bond donors (Lipinski definition) is 2. The second-order valence-corrected chi connectivity index (χ2v) is 9.88. The lowest BCUT2D eigenvalue weighted by Crippen LogP contribution is -2.53. The Morgan fingerprint density at radius 1 is 1.26 bits per heavy atom. The maximum Gasteiger partial charge on any atom is 0.272 e. The van der Waals surface area contributed by atoms with Crippen molar-refractivity contribution in [1.82, 2.24) is 25.1 Å². The van der Waals surface area contributed by atoms with Gasteiger partial charge in [0.25, 0.3) is 5.91 Å². The molecule has 1 aromatic carbocycles. The smallest absolute Gasteiger partial charge is 0.272 e. The first-order chi connectivity index (χ1) is 15.9. The van der Waals surface area contributed by atoms with E-state index < -0.39 is 29.0 Å². The molecule has 9 heteroatoms. The van der Waals surface area contributed by atoms with Gasteiger partial charge in [0.05, 0.1) is 11.3 Å². The van der Waals surface area contributed by atoms with Gasteiger partial charge in [0.2, 0.25) is 5.91 Å². The molecule has 7 nitrogen and oxygen atoms in total. The number of amides is 2. The van der Waals surface area contributed by atoms with Crippen LogP contribution in [0, 0.1) is 17.0 Å². The van der Waals surface area contributed by atoms with E-state index >= 15 is 4.39 Å². The highest BCUT2D eigenvalue weighted by Crippen LogP contribution is 2.31. The Balaban J connectivity index is 2.15. The number of imidazole rings is 1. The van der Waals surface area contributed by atoms with Crippen molar-refractivity contribution in [3.8, 4) is 11.4 Å². The maximum atomic E-state index is 15.0. The Bertz CT molecular complexity index is 1120. The molecule has 0 radical (unpaired) electrons. The predicted octanol–water partition coefficient (Wildman–Crippen LogP) is 3.59. The molecular weight excluding hydrogens is 440 g/mol. The van der Waals surface area contributed by atoms with E-state index in [1.807, 2.05) is 27.8 Å². The normalized spacial score (nSPS) is 17.5. The van der Waals surface area contributed by atoms with E-state index in [2.05, 4.69) is 34.0 Å². The Labute approximate surface area is 199 Å². The fourth-order valence-corrected chi connectivity index (χ4v) is 4.11. The number of likely N-dealkylation sites (N-methyl/N-ethyl adjacent to an activating group) is 1. The number of fused-ring (bicyclic) bond motifs is 1. The molecule has 0 bridgehead atoms. The number of carbonyl (C=O) groups excluding carboxylic acids is 2. The number of hydrogen-bond acceptors (Lipinski definition) is 4. The van der Waals surface area contributed by atoms with Crippen LogP contribution in [0.3, 0.4) is 0 Å². The molecule has 0 fully saturated rings. The number of halogens is 2. The van der Waals surface area contributed by atoms with Crippen LogP contribution in [0.4, 0.5) is 8.78 Å². The zero-order chi connectivity index (χ0) is 25.4. The summed E-state index contributed by atoms with van der Waals surface area (Å²) in [5, 5.41) is 5.39. The number of aromatic nitrogens is 2. The highest BCUT2D eigenvalue weighted by atomic mass is 19.1. The van der Waals surface area contributed by atoms with Gasteiger partial charge in [0, 0.05) is 31.7 Å². The SMILES string of the molecule is C=Cc1cc(F)c(-c2nc(C(=O)NC(C(=O)NC)C(C)(C)C)c3n2CCC(C)N(C)C3)cc1F. The van der Waals surface area contributed by atoms with Crippen LogP contribution < -0.4 is 10.6 Å². The summed E-state index contributed by atoms with van der Waals surface area (Å²) in [6, 6.07) is 1.56. The first kappa shape index (κ1) is 25.6. The van der Waals surface area contributed by atoms with Gasteiger partial charge in [-0.1, -0.05) is 33.4 Å². The molecule has 2 amide bonds. The van der Waals surface area contributed by atoms with Gasteiger partial charge in [0.1, 0.15) is 23.5 Å². The Hall–Kier alpha value is -3.07. The van der Waals surface area contributed by atoms with Gasteiger partial charge in [-0.25, -0.2) is 13.8 Å². The van der Waals surface area contributed by atoms with Crippen molar-refractivity contribution < 1.29 is 18.4 Å². The molecule has 2 aromatic rings. The van der Waals surface area contributed by atoms with E-state index in [0.29, 0.717) is 18.8 Å². The summed E-state index contributed by atoms with van der Waals surface area (Å²) in [4.78, 5) is 32.5. The molecule has 0 aliphatic carbocycles. The lowest BCUT2D eigenvalue weighted by atomic mass is 9.86. The molecule has 2 unspecified atom stereocenters. The van der Waals surface area contributed by atoms with E-state index in [1.54, 1.807) is 4.57 Å². The molecule has 1 aliphatic heterocycles. The topological polar surface area (TPSA) is 79.3 Å².